The van der Waals surface area contributed by atoms with Crippen molar-refractivity contribution in [2.45, 2.75) is 19.0 Å². The molecule has 0 spiro atoms. The summed E-state index contributed by atoms with van der Waals surface area (Å²) in [7, 11) is 0. The topological polar surface area (TPSA) is 98.2 Å². The number of amides is 2. The Balaban J connectivity index is 2.59. The van der Waals surface area contributed by atoms with Crippen molar-refractivity contribution in [3.05, 3.63) is 35.4 Å². The van der Waals surface area contributed by atoms with Gasteiger partial charge in [-0.15, -0.1) is 12.3 Å². The molecule has 1 unspecified atom stereocenters. The minimum atomic E-state index is -0.714. The van der Waals surface area contributed by atoms with Crippen molar-refractivity contribution in [3.63, 3.8) is 0 Å². The molecule has 5 N–H and O–H groups in total. The molecule has 0 aliphatic heterocycles. The van der Waals surface area contributed by atoms with E-state index in [2.05, 4.69) is 11.2 Å². The summed E-state index contributed by atoms with van der Waals surface area (Å²) in [4.78, 5) is 22.5. The van der Waals surface area contributed by atoms with Gasteiger partial charge in [-0.25, -0.2) is 0 Å². The zero-order valence-corrected chi connectivity index (χ0v) is 9.85. The SMILES string of the molecule is C#CCC(N)C(=O)NCc1cccc(C(N)=O)c1. The second kappa shape index (κ2) is 6.42. The summed E-state index contributed by atoms with van der Waals surface area (Å²) < 4.78 is 0. The lowest BCUT2D eigenvalue weighted by Gasteiger charge is -2.10. The van der Waals surface area contributed by atoms with Gasteiger partial charge in [-0.05, 0) is 17.7 Å². The first-order valence-electron chi connectivity index (χ1n) is 5.40. The number of hydrogen-bond donors (Lipinski definition) is 3. The number of primary amides is 1. The molecule has 1 atom stereocenters. The highest BCUT2D eigenvalue weighted by molar-refractivity contribution is 5.92. The maximum absolute atomic E-state index is 11.5. The maximum Gasteiger partial charge on any atom is 0.248 e. The second-order valence-corrected chi connectivity index (χ2v) is 3.80. The van der Waals surface area contributed by atoms with Gasteiger partial charge in [0.1, 0.15) is 0 Å². The van der Waals surface area contributed by atoms with Crippen molar-refractivity contribution in [2.75, 3.05) is 0 Å². The van der Waals surface area contributed by atoms with Crippen LogP contribution in [0.5, 0.6) is 0 Å². The van der Waals surface area contributed by atoms with Crippen molar-refractivity contribution >= 4 is 11.8 Å². The third-order valence-corrected chi connectivity index (χ3v) is 2.35. The van der Waals surface area contributed by atoms with E-state index >= 15 is 0 Å². The average molecular weight is 245 g/mol. The molecular formula is C13H15N3O2. The van der Waals surface area contributed by atoms with Gasteiger partial charge in [0.25, 0.3) is 0 Å². The number of benzene rings is 1. The molecule has 0 radical (unpaired) electrons. The quantitative estimate of drug-likeness (QED) is 0.624. The molecule has 1 aromatic carbocycles. The van der Waals surface area contributed by atoms with E-state index in [1.807, 2.05) is 0 Å². The first-order valence-corrected chi connectivity index (χ1v) is 5.40. The molecule has 1 rings (SSSR count). The van der Waals surface area contributed by atoms with E-state index in [4.69, 9.17) is 17.9 Å². The smallest absolute Gasteiger partial charge is 0.248 e. The number of nitrogens with two attached hydrogens (primary N) is 2. The Bertz CT molecular complexity index is 491. The molecule has 18 heavy (non-hydrogen) atoms. The highest BCUT2D eigenvalue weighted by atomic mass is 16.2. The van der Waals surface area contributed by atoms with E-state index in [0.29, 0.717) is 5.56 Å². The van der Waals surface area contributed by atoms with Crippen molar-refractivity contribution in [1.82, 2.24) is 5.32 Å². The number of carbonyl (C=O) groups is 2. The fraction of sp³-hybridized carbons (Fsp3) is 0.231. The van der Waals surface area contributed by atoms with E-state index in [1.165, 1.54) is 0 Å². The predicted octanol–water partition coefficient (Wildman–Crippen LogP) is -0.248. The van der Waals surface area contributed by atoms with Crippen LogP contribution in [0, 0.1) is 12.3 Å². The fourth-order valence-corrected chi connectivity index (χ4v) is 1.37. The number of terminal acetylenes is 1. The minimum absolute atomic E-state index is 0.188. The summed E-state index contributed by atoms with van der Waals surface area (Å²) in [5, 5.41) is 2.64. The van der Waals surface area contributed by atoms with Crippen LogP contribution >= 0.6 is 0 Å². The number of rotatable bonds is 5. The Kier molecular flexibility index (Phi) is 4.90. The van der Waals surface area contributed by atoms with Crippen LogP contribution in [0.1, 0.15) is 22.3 Å². The van der Waals surface area contributed by atoms with Crippen molar-refractivity contribution < 1.29 is 9.59 Å². The normalized spacial score (nSPS) is 11.3. The van der Waals surface area contributed by atoms with Crippen LogP contribution < -0.4 is 16.8 Å². The van der Waals surface area contributed by atoms with Gasteiger partial charge in [-0.2, -0.15) is 0 Å². The molecule has 94 valence electrons. The highest BCUT2D eigenvalue weighted by Crippen LogP contribution is 2.04. The van der Waals surface area contributed by atoms with Gasteiger partial charge in [0.05, 0.1) is 6.04 Å². The van der Waals surface area contributed by atoms with Gasteiger partial charge >= 0.3 is 0 Å². The lowest BCUT2D eigenvalue weighted by atomic mass is 10.1. The van der Waals surface area contributed by atoms with Gasteiger partial charge in [-0.1, -0.05) is 12.1 Å². The molecule has 0 aliphatic rings. The van der Waals surface area contributed by atoms with E-state index in [-0.39, 0.29) is 18.9 Å². The third-order valence-electron chi connectivity index (χ3n) is 2.35. The Labute approximate surface area is 106 Å². The molecule has 5 nitrogen and oxygen atoms in total. The maximum atomic E-state index is 11.5. The Morgan fingerprint density at radius 1 is 1.44 bits per heavy atom. The summed E-state index contributed by atoms with van der Waals surface area (Å²) >= 11 is 0. The largest absolute Gasteiger partial charge is 0.366 e. The number of nitrogens with one attached hydrogen (secondary N) is 1. The monoisotopic (exact) mass is 245 g/mol. The summed E-state index contributed by atoms with van der Waals surface area (Å²) in [6.45, 7) is 0.276. The van der Waals surface area contributed by atoms with Crippen molar-refractivity contribution in [2.24, 2.45) is 11.5 Å². The van der Waals surface area contributed by atoms with Crippen LogP contribution in [0.2, 0.25) is 0 Å². The molecule has 2 amide bonds. The molecule has 1 aromatic rings. The van der Waals surface area contributed by atoms with Crippen LogP contribution in [0.15, 0.2) is 24.3 Å². The molecule has 0 saturated heterocycles. The zero-order valence-electron chi connectivity index (χ0n) is 9.85. The Morgan fingerprint density at radius 3 is 2.78 bits per heavy atom. The summed E-state index contributed by atoms with van der Waals surface area (Å²) in [5.41, 5.74) is 11.9. The lowest BCUT2D eigenvalue weighted by Crippen LogP contribution is -2.39. The Morgan fingerprint density at radius 2 is 2.17 bits per heavy atom. The zero-order chi connectivity index (χ0) is 13.5. The minimum Gasteiger partial charge on any atom is -0.366 e. The molecule has 0 heterocycles. The van der Waals surface area contributed by atoms with E-state index in [9.17, 15) is 9.59 Å². The van der Waals surface area contributed by atoms with Crippen molar-refractivity contribution in [1.29, 1.82) is 0 Å². The predicted molar refractivity (Wildman–Crippen MR) is 68.2 cm³/mol. The lowest BCUT2D eigenvalue weighted by molar-refractivity contribution is -0.122. The molecule has 0 aromatic heterocycles. The average Bonchev–Trinajstić information content (AvgIpc) is 2.36. The molecule has 0 fully saturated rings. The fourth-order valence-electron chi connectivity index (χ4n) is 1.37. The molecular weight excluding hydrogens is 230 g/mol. The van der Waals surface area contributed by atoms with Gasteiger partial charge < -0.3 is 16.8 Å². The first kappa shape index (κ1) is 13.7. The van der Waals surface area contributed by atoms with Gasteiger partial charge in [0.2, 0.25) is 11.8 Å². The van der Waals surface area contributed by atoms with Gasteiger partial charge in [0.15, 0.2) is 0 Å². The second-order valence-electron chi connectivity index (χ2n) is 3.80. The highest BCUT2D eigenvalue weighted by Gasteiger charge is 2.11. The summed E-state index contributed by atoms with van der Waals surface area (Å²) in [6, 6.07) is 5.99. The van der Waals surface area contributed by atoms with E-state index in [0.717, 1.165) is 5.56 Å². The Hall–Kier alpha value is -2.32. The molecule has 5 heteroatoms. The standard InChI is InChI=1S/C13H15N3O2/c1-2-4-11(14)13(18)16-8-9-5-3-6-10(7-9)12(15)17/h1,3,5-7,11H,4,8,14H2,(H2,15,17)(H,16,18). The van der Waals surface area contributed by atoms with Crippen LogP contribution in [-0.4, -0.2) is 17.9 Å². The molecule has 0 saturated carbocycles. The van der Waals surface area contributed by atoms with Crippen LogP contribution in [-0.2, 0) is 11.3 Å². The third kappa shape index (κ3) is 3.92. The molecule has 0 aliphatic carbocycles. The number of carbonyl (C=O) groups excluding carboxylic acids is 2. The van der Waals surface area contributed by atoms with Gasteiger partial charge in [-0.3, -0.25) is 9.59 Å². The van der Waals surface area contributed by atoms with Crippen molar-refractivity contribution in [3.8, 4) is 12.3 Å². The van der Waals surface area contributed by atoms with Crippen LogP contribution in [0.3, 0.4) is 0 Å². The summed E-state index contributed by atoms with van der Waals surface area (Å²) in [5.74, 6) is 1.49. The van der Waals surface area contributed by atoms with Crippen LogP contribution in [0.4, 0.5) is 0 Å². The molecule has 0 bridgehead atoms. The summed E-state index contributed by atoms with van der Waals surface area (Å²) in [6.07, 6.45) is 5.25. The van der Waals surface area contributed by atoms with Crippen LogP contribution in [0.25, 0.3) is 0 Å². The van der Waals surface area contributed by atoms with Gasteiger partial charge in [0, 0.05) is 18.5 Å². The van der Waals surface area contributed by atoms with E-state index in [1.54, 1.807) is 24.3 Å². The first-order chi connectivity index (χ1) is 8.54. The number of hydrogen-bond acceptors (Lipinski definition) is 3. The van der Waals surface area contributed by atoms with E-state index < -0.39 is 11.9 Å².